The lowest BCUT2D eigenvalue weighted by Crippen LogP contribution is -2.50. The van der Waals surface area contributed by atoms with Gasteiger partial charge in [0.1, 0.15) is 0 Å². The van der Waals surface area contributed by atoms with Crippen LogP contribution in [0.5, 0.6) is 5.75 Å². The highest BCUT2D eigenvalue weighted by atomic mass is 35.5. The maximum atomic E-state index is 5.88. The average Bonchev–Trinajstić information content (AvgIpc) is 2.10. The van der Waals surface area contributed by atoms with Gasteiger partial charge in [-0.1, -0.05) is 29.3 Å². The van der Waals surface area contributed by atoms with Crippen molar-refractivity contribution in [2.75, 3.05) is 13.2 Å². The quantitative estimate of drug-likeness (QED) is 0.775. The Morgan fingerprint density at radius 1 is 1.23 bits per heavy atom. The normalized spacial score (nSPS) is 10.1. The second kappa shape index (κ2) is 5.32. The molecule has 0 radical (unpaired) electrons. The van der Waals surface area contributed by atoms with Gasteiger partial charge in [0.15, 0.2) is 5.75 Å². The van der Waals surface area contributed by atoms with Gasteiger partial charge in [0.2, 0.25) is 0 Å². The topological polar surface area (TPSA) is 36.9 Å². The van der Waals surface area contributed by atoms with Gasteiger partial charge >= 0.3 is 0 Å². The largest absolute Gasteiger partial charge is 0.490 e. The van der Waals surface area contributed by atoms with Crippen LogP contribution in [0, 0.1) is 0 Å². The number of benzene rings is 1. The van der Waals surface area contributed by atoms with Gasteiger partial charge in [0, 0.05) is 6.42 Å². The standard InChI is InChI=1S/C9H11Cl2NO/c10-7-3-1-4-8(11)9(7)13-6-2-5-12/h1,3-4H,2,5-6,12H2/p+1. The van der Waals surface area contributed by atoms with Gasteiger partial charge < -0.3 is 10.5 Å². The highest BCUT2D eigenvalue weighted by Gasteiger charge is 2.05. The van der Waals surface area contributed by atoms with Crippen molar-refractivity contribution in [1.29, 1.82) is 0 Å². The number of ether oxygens (including phenoxy) is 1. The zero-order valence-corrected chi connectivity index (χ0v) is 8.74. The number of hydrogen-bond donors (Lipinski definition) is 1. The molecule has 0 spiro atoms. The highest BCUT2D eigenvalue weighted by Crippen LogP contribution is 2.32. The molecular formula is C9H12Cl2NO+. The molecule has 2 nitrogen and oxygen atoms in total. The molecule has 0 saturated carbocycles. The van der Waals surface area contributed by atoms with Gasteiger partial charge in [-0.2, -0.15) is 0 Å². The average molecular weight is 221 g/mol. The second-order valence-corrected chi connectivity index (χ2v) is 3.42. The van der Waals surface area contributed by atoms with E-state index in [-0.39, 0.29) is 0 Å². The van der Waals surface area contributed by atoms with E-state index >= 15 is 0 Å². The minimum absolute atomic E-state index is 0.552. The van der Waals surface area contributed by atoms with Crippen LogP contribution in [0.1, 0.15) is 6.42 Å². The monoisotopic (exact) mass is 220 g/mol. The van der Waals surface area contributed by atoms with Crippen LogP contribution in [-0.2, 0) is 0 Å². The van der Waals surface area contributed by atoms with E-state index in [1.807, 2.05) is 0 Å². The summed E-state index contributed by atoms with van der Waals surface area (Å²) in [6, 6.07) is 5.30. The maximum Gasteiger partial charge on any atom is 0.156 e. The molecule has 0 saturated heterocycles. The van der Waals surface area contributed by atoms with E-state index in [1.165, 1.54) is 0 Å². The summed E-state index contributed by atoms with van der Waals surface area (Å²) in [6.45, 7) is 1.45. The van der Waals surface area contributed by atoms with Gasteiger partial charge in [0.05, 0.1) is 23.2 Å². The van der Waals surface area contributed by atoms with Gasteiger partial charge in [-0.15, -0.1) is 0 Å². The van der Waals surface area contributed by atoms with Gasteiger partial charge in [0.25, 0.3) is 0 Å². The van der Waals surface area contributed by atoms with E-state index in [9.17, 15) is 0 Å². The van der Waals surface area contributed by atoms with E-state index in [4.69, 9.17) is 27.9 Å². The molecular weight excluding hydrogens is 209 g/mol. The zero-order chi connectivity index (χ0) is 9.68. The third-order valence-electron chi connectivity index (χ3n) is 1.56. The molecule has 13 heavy (non-hydrogen) atoms. The maximum absolute atomic E-state index is 5.88. The minimum atomic E-state index is 0.552. The fourth-order valence-electron chi connectivity index (χ4n) is 0.897. The zero-order valence-electron chi connectivity index (χ0n) is 7.22. The Morgan fingerprint density at radius 3 is 2.38 bits per heavy atom. The van der Waals surface area contributed by atoms with Crippen LogP contribution >= 0.6 is 23.2 Å². The molecule has 0 aromatic heterocycles. The molecule has 1 aromatic carbocycles. The lowest BCUT2D eigenvalue weighted by atomic mass is 10.3. The molecule has 3 N–H and O–H groups in total. The van der Waals surface area contributed by atoms with E-state index in [2.05, 4.69) is 5.73 Å². The molecule has 72 valence electrons. The second-order valence-electron chi connectivity index (χ2n) is 2.61. The van der Waals surface area contributed by atoms with Crippen LogP contribution in [0.25, 0.3) is 0 Å². The fraction of sp³-hybridized carbons (Fsp3) is 0.333. The van der Waals surface area contributed by atoms with E-state index in [1.54, 1.807) is 18.2 Å². The first kappa shape index (κ1) is 10.6. The Labute approximate surface area is 87.6 Å². The van der Waals surface area contributed by atoms with Crippen LogP contribution in [-0.4, -0.2) is 13.2 Å². The molecule has 0 aliphatic rings. The van der Waals surface area contributed by atoms with Crippen molar-refractivity contribution in [3.8, 4) is 5.75 Å². The summed E-state index contributed by atoms with van der Waals surface area (Å²) in [4.78, 5) is 0. The van der Waals surface area contributed by atoms with Crippen LogP contribution in [0.2, 0.25) is 10.0 Å². The molecule has 0 aliphatic heterocycles. The van der Waals surface area contributed by atoms with Crippen molar-refractivity contribution in [3.63, 3.8) is 0 Å². The molecule has 0 heterocycles. The minimum Gasteiger partial charge on any atom is -0.490 e. The van der Waals surface area contributed by atoms with E-state index in [0.717, 1.165) is 13.0 Å². The first-order chi connectivity index (χ1) is 6.25. The van der Waals surface area contributed by atoms with Crippen molar-refractivity contribution in [2.45, 2.75) is 6.42 Å². The molecule has 0 aliphatic carbocycles. The van der Waals surface area contributed by atoms with Crippen LogP contribution in [0.15, 0.2) is 18.2 Å². The lowest BCUT2D eigenvalue weighted by molar-refractivity contribution is -0.368. The number of rotatable bonds is 4. The molecule has 1 rings (SSSR count). The summed E-state index contributed by atoms with van der Waals surface area (Å²) in [5.74, 6) is 0.569. The summed E-state index contributed by atoms with van der Waals surface area (Å²) in [5, 5.41) is 1.10. The molecule has 0 fully saturated rings. The van der Waals surface area contributed by atoms with Crippen molar-refractivity contribution < 1.29 is 10.5 Å². The van der Waals surface area contributed by atoms with E-state index in [0.29, 0.717) is 22.4 Å². The summed E-state index contributed by atoms with van der Waals surface area (Å²) in [5.41, 5.74) is 3.72. The Morgan fingerprint density at radius 2 is 1.85 bits per heavy atom. The van der Waals surface area contributed by atoms with Gasteiger partial charge in [-0.05, 0) is 12.1 Å². The van der Waals surface area contributed by atoms with Crippen molar-refractivity contribution in [3.05, 3.63) is 28.2 Å². The molecule has 0 atom stereocenters. The van der Waals surface area contributed by atoms with Crippen molar-refractivity contribution >= 4 is 23.2 Å². The Balaban J connectivity index is 2.64. The summed E-state index contributed by atoms with van der Waals surface area (Å²) in [7, 11) is 0. The van der Waals surface area contributed by atoms with E-state index < -0.39 is 0 Å². The van der Waals surface area contributed by atoms with Crippen LogP contribution < -0.4 is 10.5 Å². The summed E-state index contributed by atoms with van der Waals surface area (Å²) >= 11 is 11.8. The third-order valence-corrected chi connectivity index (χ3v) is 2.15. The molecule has 0 amide bonds. The van der Waals surface area contributed by atoms with Crippen LogP contribution in [0.3, 0.4) is 0 Å². The Hall–Kier alpha value is -0.440. The number of hydrogen-bond acceptors (Lipinski definition) is 1. The van der Waals surface area contributed by atoms with Crippen molar-refractivity contribution in [1.82, 2.24) is 0 Å². The van der Waals surface area contributed by atoms with Crippen LogP contribution in [0.4, 0.5) is 0 Å². The fourth-order valence-corrected chi connectivity index (χ4v) is 1.40. The molecule has 4 heteroatoms. The SMILES string of the molecule is [NH3+]CCCOc1c(Cl)cccc1Cl. The van der Waals surface area contributed by atoms with Gasteiger partial charge in [-0.25, -0.2) is 0 Å². The molecule has 0 unspecified atom stereocenters. The van der Waals surface area contributed by atoms with Gasteiger partial charge in [-0.3, -0.25) is 0 Å². The predicted octanol–water partition coefficient (Wildman–Crippen LogP) is 2.00. The van der Waals surface area contributed by atoms with Crippen molar-refractivity contribution in [2.24, 2.45) is 0 Å². The number of halogens is 2. The first-order valence-electron chi connectivity index (χ1n) is 4.11. The number of para-hydroxylation sites is 1. The highest BCUT2D eigenvalue weighted by molar-refractivity contribution is 6.37. The molecule has 1 aromatic rings. The third kappa shape index (κ3) is 3.07. The lowest BCUT2D eigenvalue weighted by Gasteiger charge is -2.07. The summed E-state index contributed by atoms with van der Waals surface area (Å²) in [6.07, 6.45) is 0.904. The molecule has 0 bridgehead atoms. The predicted molar refractivity (Wildman–Crippen MR) is 54.3 cm³/mol. The number of quaternary nitrogens is 1. The Bertz CT molecular complexity index is 258. The first-order valence-corrected chi connectivity index (χ1v) is 4.87. The smallest absolute Gasteiger partial charge is 0.156 e. The summed E-state index contributed by atoms with van der Waals surface area (Å²) < 4.78 is 5.40. The Kier molecular flexibility index (Phi) is 4.36.